The minimum absolute atomic E-state index is 0.0195. The molecule has 1 unspecified atom stereocenters. The smallest absolute Gasteiger partial charge is 0.279 e. The number of rotatable bonds is 8. The molecular weight excluding hydrogens is 460 g/mol. The van der Waals surface area contributed by atoms with Gasteiger partial charge in [-0.15, -0.1) is 5.10 Å². The Labute approximate surface area is 199 Å². The van der Waals surface area contributed by atoms with Crippen LogP contribution >= 0.6 is 0 Å². The molecule has 9 heteroatoms. The number of nitrogen functional groups attached to an aromatic ring is 1. The van der Waals surface area contributed by atoms with E-state index in [4.69, 9.17) is 10.5 Å². The maximum atomic E-state index is 15.5. The first-order chi connectivity index (χ1) is 16.6. The van der Waals surface area contributed by atoms with Gasteiger partial charge in [0.05, 0.1) is 12.5 Å². The van der Waals surface area contributed by atoms with Crippen LogP contribution in [0.3, 0.4) is 0 Å². The predicted molar refractivity (Wildman–Crippen MR) is 126 cm³/mol. The number of halogens is 4. The van der Waals surface area contributed by atoms with E-state index in [9.17, 15) is 4.39 Å². The molecule has 2 aromatic carbocycles. The fourth-order valence-corrected chi connectivity index (χ4v) is 4.01. The second-order valence-electron chi connectivity index (χ2n) is 8.43. The molecule has 1 atom stereocenters. The highest BCUT2D eigenvalue weighted by Crippen LogP contribution is 2.41. The number of nitrogens with zero attached hydrogens (tertiary/aromatic N) is 3. The van der Waals surface area contributed by atoms with E-state index in [1.54, 1.807) is 37.4 Å². The zero-order valence-corrected chi connectivity index (χ0v) is 19.2. The highest BCUT2D eigenvalue weighted by molar-refractivity contribution is 5.70. The van der Waals surface area contributed by atoms with Crippen molar-refractivity contribution in [1.29, 1.82) is 0 Å². The van der Waals surface area contributed by atoms with Crippen LogP contribution in [-0.4, -0.2) is 21.2 Å². The molecule has 2 N–H and O–H groups in total. The summed E-state index contributed by atoms with van der Waals surface area (Å²) in [4.78, 5) is 4.08. The van der Waals surface area contributed by atoms with Crippen molar-refractivity contribution in [2.24, 2.45) is 5.92 Å². The Hall–Kier alpha value is -3.88. The Morgan fingerprint density at radius 1 is 1.14 bits per heavy atom. The first kappa shape index (κ1) is 24.3. The molecule has 0 saturated carbocycles. The molecule has 0 saturated heterocycles. The van der Waals surface area contributed by atoms with Gasteiger partial charge in [0.2, 0.25) is 5.95 Å². The van der Waals surface area contributed by atoms with E-state index in [1.807, 2.05) is 0 Å². The number of allylic oxidation sites excluding steroid dienone is 1. The van der Waals surface area contributed by atoms with Gasteiger partial charge in [-0.25, -0.2) is 22.1 Å². The van der Waals surface area contributed by atoms with Crippen LogP contribution in [0.25, 0.3) is 16.8 Å². The van der Waals surface area contributed by atoms with Crippen molar-refractivity contribution in [1.82, 2.24) is 14.6 Å². The number of hydrogen-bond acceptors (Lipinski definition) is 4. The SMILES string of the molecule is C=C(C)C(CCOc1c(C)ccc(-c2ccn3nc(N)nc3c2)c1F)C(F)(F)c1ccc(F)cc1. The van der Waals surface area contributed by atoms with Gasteiger partial charge in [-0.2, -0.15) is 4.98 Å². The Morgan fingerprint density at radius 2 is 1.86 bits per heavy atom. The third-order valence-electron chi connectivity index (χ3n) is 5.87. The second kappa shape index (κ2) is 9.40. The maximum Gasteiger partial charge on any atom is 0.279 e. The number of alkyl halides is 2. The van der Waals surface area contributed by atoms with Crippen LogP contribution in [0.1, 0.15) is 24.5 Å². The molecule has 0 radical (unpaired) electrons. The van der Waals surface area contributed by atoms with Crippen LogP contribution in [0.15, 0.2) is 66.9 Å². The summed E-state index contributed by atoms with van der Waals surface area (Å²) in [5.74, 6) is -5.71. The molecule has 182 valence electrons. The predicted octanol–water partition coefficient (Wildman–Crippen LogP) is 6.32. The summed E-state index contributed by atoms with van der Waals surface area (Å²) in [6, 6.07) is 10.7. The third-order valence-corrected chi connectivity index (χ3v) is 5.87. The number of aromatic nitrogens is 3. The van der Waals surface area contributed by atoms with Crippen molar-refractivity contribution in [3.05, 3.63) is 89.6 Å². The Balaban J connectivity index is 1.55. The van der Waals surface area contributed by atoms with Gasteiger partial charge in [-0.1, -0.05) is 36.4 Å². The van der Waals surface area contributed by atoms with Crippen LogP contribution < -0.4 is 10.5 Å². The van der Waals surface area contributed by atoms with Crippen LogP contribution in [0, 0.1) is 24.5 Å². The quantitative estimate of drug-likeness (QED) is 0.235. The van der Waals surface area contributed by atoms with Crippen LogP contribution in [0.2, 0.25) is 0 Å². The number of anilines is 1. The second-order valence-corrected chi connectivity index (χ2v) is 8.43. The molecule has 0 aliphatic heterocycles. The van der Waals surface area contributed by atoms with Crippen molar-refractivity contribution in [3.8, 4) is 16.9 Å². The molecular formula is C26H24F4N4O. The van der Waals surface area contributed by atoms with Gasteiger partial charge in [-0.3, -0.25) is 0 Å². The zero-order valence-electron chi connectivity index (χ0n) is 19.2. The molecule has 0 aliphatic rings. The summed E-state index contributed by atoms with van der Waals surface area (Å²) < 4.78 is 66.2. The van der Waals surface area contributed by atoms with Gasteiger partial charge in [0.1, 0.15) is 5.82 Å². The van der Waals surface area contributed by atoms with Crippen molar-refractivity contribution < 1.29 is 22.3 Å². The zero-order chi connectivity index (χ0) is 25.3. The number of aryl methyl sites for hydroxylation is 1. The molecule has 0 amide bonds. The third kappa shape index (κ3) is 4.84. The average molecular weight is 484 g/mol. The molecule has 0 aliphatic carbocycles. The molecule has 4 rings (SSSR count). The van der Waals surface area contributed by atoms with E-state index in [1.165, 1.54) is 11.4 Å². The fourth-order valence-electron chi connectivity index (χ4n) is 4.01. The number of benzene rings is 2. The highest BCUT2D eigenvalue weighted by atomic mass is 19.3. The lowest BCUT2D eigenvalue weighted by Gasteiger charge is -2.28. The average Bonchev–Trinajstić information content (AvgIpc) is 3.17. The lowest BCUT2D eigenvalue weighted by molar-refractivity contribution is -0.0571. The van der Waals surface area contributed by atoms with Gasteiger partial charge in [0, 0.05) is 17.3 Å². The monoisotopic (exact) mass is 484 g/mol. The highest BCUT2D eigenvalue weighted by Gasteiger charge is 2.41. The number of ether oxygens (including phenoxy) is 1. The van der Waals surface area contributed by atoms with Crippen LogP contribution in [0.4, 0.5) is 23.5 Å². The van der Waals surface area contributed by atoms with E-state index in [0.717, 1.165) is 24.3 Å². The van der Waals surface area contributed by atoms with Gasteiger partial charge in [0.15, 0.2) is 17.2 Å². The molecule has 2 heterocycles. The minimum atomic E-state index is -3.30. The van der Waals surface area contributed by atoms with Crippen LogP contribution in [-0.2, 0) is 5.92 Å². The summed E-state index contributed by atoms with van der Waals surface area (Å²) in [7, 11) is 0. The molecule has 0 spiro atoms. The lowest BCUT2D eigenvalue weighted by Crippen LogP contribution is -2.28. The first-order valence-corrected chi connectivity index (χ1v) is 10.9. The number of fused-ring (bicyclic) bond motifs is 1. The van der Waals surface area contributed by atoms with Gasteiger partial charge < -0.3 is 10.5 Å². The molecule has 2 aromatic heterocycles. The standard InChI is InChI=1S/C26H24F4N4O/c1-15(2)21(26(29,30)18-5-7-19(27)8-6-18)11-13-35-24-16(3)4-9-20(23(24)28)17-10-12-34-22(14-17)32-25(31)33-34/h4-10,12,14,21H,1,11,13H2,2-3H3,(H2,31,33). The summed E-state index contributed by atoms with van der Waals surface area (Å²) in [6.07, 6.45) is 1.50. The van der Waals surface area contributed by atoms with Crippen molar-refractivity contribution >= 4 is 11.6 Å². The number of hydrogen-bond donors (Lipinski definition) is 1. The maximum absolute atomic E-state index is 15.5. The Bertz CT molecular complexity index is 1380. The van der Waals surface area contributed by atoms with Crippen molar-refractivity contribution in [2.45, 2.75) is 26.2 Å². The van der Waals surface area contributed by atoms with E-state index in [2.05, 4.69) is 16.7 Å². The normalized spacial score (nSPS) is 12.6. The summed E-state index contributed by atoms with van der Waals surface area (Å²) in [5, 5.41) is 4.00. The topological polar surface area (TPSA) is 65.4 Å². The van der Waals surface area contributed by atoms with Gasteiger partial charge in [-0.05, 0) is 55.7 Å². The Kier molecular flexibility index (Phi) is 6.51. The minimum Gasteiger partial charge on any atom is -0.490 e. The van der Waals surface area contributed by atoms with Gasteiger partial charge >= 0.3 is 0 Å². The molecule has 4 aromatic rings. The molecule has 0 bridgehead atoms. The van der Waals surface area contributed by atoms with Gasteiger partial charge in [0.25, 0.3) is 5.92 Å². The number of pyridine rings is 1. The molecule has 35 heavy (non-hydrogen) atoms. The Morgan fingerprint density at radius 3 is 2.54 bits per heavy atom. The molecule has 5 nitrogen and oxygen atoms in total. The van der Waals surface area contributed by atoms with E-state index in [-0.39, 0.29) is 41.4 Å². The van der Waals surface area contributed by atoms with Crippen molar-refractivity contribution in [2.75, 3.05) is 12.3 Å². The largest absolute Gasteiger partial charge is 0.490 e. The summed E-state index contributed by atoms with van der Waals surface area (Å²) in [5.41, 5.74) is 7.32. The molecule has 0 fully saturated rings. The van der Waals surface area contributed by atoms with E-state index in [0.29, 0.717) is 16.8 Å². The van der Waals surface area contributed by atoms with E-state index < -0.39 is 23.5 Å². The fraction of sp³-hybridized carbons (Fsp3) is 0.231. The number of nitrogens with two attached hydrogens (primary N) is 1. The van der Waals surface area contributed by atoms with Crippen molar-refractivity contribution in [3.63, 3.8) is 0 Å². The van der Waals surface area contributed by atoms with Crippen LogP contribution in [0.5, 0.6) is 5.75 Å². The van der Waals surface area contributed by atoms with E-state index >= 15 is 13.2 Å². The summed E-state index contributed by atoms with van der Waals surface area (Å²) >= 11 is 0. The summed E-state index contributed by atoms with van der Waals surface area (Å²) in [6.45, 7) is 6.71. The first-order valence-electron chi connectivity index (χ1n) is 10.9. The lowest BCUT2D eigenvalue weighted by atomic mass is 9.87.